The topological polar surface area (TPSA) is 55.0 Å². The van der Waals surface area contributed by atoms with Crippen molar-refractivity contribution in [1.82, 2.24) is 9.97 Å². The van der Waals surface area contributed by atoms with Crippen molar-refractivity contribution in [3.05, 3.63) is 43.2 Å². The van der Waals surface area contributed by atoms with Crippen molar-refractivity contribution in [3.8, 4) is 17.1 Å². The van der Waals surface area contributed by atoms with Crippen LogP contribution in [0.4, 0.5) is 0 Å². The molecule has 112 valence electrons. The number of benzene rings is 1. The molecule has 0 saturated heterocycles. The standard InChI is InChI=1S/C15H16Br2N2O2/c1-8(2)6-11-13(17)15(20)19-14(18-11)9-4-5-12(21-3)10(16)7-9/h4-5,7-8H,6H2,1-3H3,(H,18,19,20). The van der Waals surface area contributed by atoms with Crippen LogP contribution in [-0.2, 0) is 6.42 Å². The molecule has 2 rings (SSSR count). The predicted octanol–water partition coefficient (Wildman–Crippen LogP) is 4.17. The summed E-state index contributed by atoms with van der Waals surface area (Å²) in [4.78, 5) is 19.4. The molecule has 0 aliphatic carbocycles. The van der Waals surface area contributed by atoms with Gasteiger partial charge in [-0.2, -0.15) is 0 Å². The summed E-state index contributed by atoms with van der Waals surface area (Å²) < 4.78 is 6.53. The Labute approximate surface area is 140 Å². The molecule has 0 aliphatic rings. The molecule has 2 aromatic rings. The van der Waals surface area contributed by atoms with E-state index in [9.17, 15) is 4.79 Å². The van der Waals surface area contributed by atoms with E-state index in [4.69, 9.17) is 4.74 Å². The van der Waals surface area contributed by atoms with Crippen molar-refractivity contribution >= 4 is 31.9 Å². The molecule has 0 saturated carbocycles. The van der Waals surface area contributed by atoms with Gasteiger partial charge in [0.15, 0.2) is 0 Å². The van der Waals surface area contributed by atoms with Gasteiger partial charge in [-0.25, -0.2) is 4.98 Å². The SMILES string of the molecule is COc1ccc(-c2nc(CC(C)C)c(Br)c(=O)[nH]2)cc1Br. The van der Waals surface area contributed by atoms with Crippen LogP contribution >= 0.6 is 31.9 Å². The van der Waals surface area contributed by atoms with Crippen molar-refractivity contribution in [1.29, 1.82) is 0 Å². The van der Waals surface area contributed by atoms with Crippen LogP contribution in [-0.4, -0.2) is 17.1 Å². The molecule has 21 heavy (non-hydrogen) atoms. The number of rotatable bonds is 4. The molecule has 1 N–H and O–H groups in total. The third-order valence-electron chi connectivity index (χ3n) is 2.96. The highest BCUT2D eigenvalue weighted by molar-refractivity contribution is 9.10. The average molecular weight is 416 g/mol. The number of halogens is 2. The molecule has 0 aliphatic heterocycles. The molecule has 1 aromatic carbocycles. The lowest BCUT2D eigenvalue weighted by Crippen LogP contribution is -2.15. The number of nitrogens with zero attached hydrogens (tertiary/aromatic N) is 1. The second-order valence-corrected chi connectivity index (χ2v) is 6.77. The molecule has 6 heteroatoms. The zero-order chi connectivity index (χ0) is 15.6. The van der Waals surface area contributed by atoms with Crippen LogP contribution in [0.1, 0.15) is 19.5 Å². The molecular formula is C15H16Br2N2O2. The summed E-state index contributed by atoms with van der Waals surface area (Å²) in [5.74, 6) is 1.72. The van der Waals surface area contributed by atoms with Gasteiger partial charge in [-0.05, 0) is 62.4 Å². The van der Waals surface area contributed by atoms with Gasteiger partial charge in [0, 0.05) is 5.56 Å². The van der Waals surface area contributed by atoms with E-state index in [1.165, 1.54) is 0 Å². The molecule has 0 unspecified atom stereocenters. The van der Waals surface area contributed by atoms with Crippen LogP contribution in [0.2, 0.25) is 0 Å². The number of H-pyrrole nitrogens is 1. The van der Waals surface area contributed by atoms with E-state index < -0.39 is 0 Å². The summed E-state index contributed by atoms with van der Waals surface area (Å²) in [5.41, 5.74) is 1.44. The van der Waals surface area contributed by atoms with E-state index in [-0.39, 0.29) is 5.56 Å². The van der Waals surface area contributed by atoms with Crippen molar-refractivity contribution in [2.75, 3.05) is 7.11 Å². The highest BCUT2D eigenvalue weighted by Crippen LogP contribution is 2.29. The van der Waals surface area contributed by atoms with E-state index in [0.717, 1.165) is 27.9 Å². The van der Waals surface area contributed by atoms with Crippen LogP contribution < -0.4 is 10.3 Å². The van der Waals surface area contributed by atoms with Crippen molar-refractivity contribution in [3.63, 3.8) is 0 Å². The maximum absolute atomic E-state index is 12.0. The number of hydrogen-bond acceptors (Lipinski definition) is 3. The molecule has 0 fully saturated rings. The van der Waals surface area contributed by atoms with E-state index in [1.807, 2.05) is 18.2 Å². The summed E-state index contributed by atoms with van der Waals surface area (Å²) in [6, 6.07) is 5.59. The summed E-state index contributed by atoms with van der Waals surface area (Å²) in [6.07, 6.45) is 0.745. The number of aromatic amines is 1. The fourth-order valence-corrected chi connectivity index (χ4v) is 2.87. The Bertz CT molecular complexity index is 711. The van der Waals surface area contributed by atoms with Gasteiger partial charge in [0.1, 0.15) is 16.0 Å². The largest absolute Gasteiger partial charge is 0.496 e. The minimum absolute atomic E-state index is 0.164. The van der Waals surface area contributed by atoms with E-state index in [0.29, 0.717) is 16.2 Å². The molecule has 0 spiro atoms. The first-order valence-electron chi connectivity index (χ1n) is 6.55. The second-order valence-electron chi connectivity index (χ2n) is 5.12. The Hall–Kier alpha value is -1.14. The van der Waals surface area contributed by atoms with Gasteiger partial charge in [-0.1, -0.05) is 13.8 Å². The summed E-state index contributed by atoms with van der Waals surface area (Å²) in [5, 5.41) is 0. The lowest BCUT2D eigenvalue weighted by Gasteiger charge is -2.10. The van der Waals surface area contributed by atoms with Crippen LogP contribution in [0, 0.1) is 5.92 Å². The maximum Gasteiger partial charge on any atom is 0.265 e. The van der Waals surface area contributed by atoms with Gasteiger partial charge in [0.25, 0.3) is 5.56 Å². The zero-order valence-electron chi connectivity index (χ0n) is 12.0. The third kappa shape index (κ3) is 3.74. The minimum Gasteiger partial charge on any atom is -0.496 e. The van der Waals surface area contributed by atoms with Crippen molar-refractivity contribution in [2.24, 2.45) is 5.92 Å². The number of ether oxygens (including phenoxy) is 1. The number of hydrogen-bond donors (Lipinski definition) is 1. The molecular weight excluding hydrogens is 400 g/mol. The first-order chi connectivity index (χ1) is 9.92. The Morgan fingerprint density at radius 3 is 2.62 bits per heavy atom. The van der Waals surface area contributed by atoms with Gasteiger partial charge in [0.2, 0.25) is 0 Å². The summed E-state index contributed by atoms with van der Waals surface area (Å²) in [7, 11) is 1.61. The van der Waals surface area contributed by atoms with Crippen LogP contribution in [0.3, 0.4) is 0 Å². The van der Waals surface area contributed by atoms with Gasteiger partial charge >= 0.3 is 0 Å². The molecule has 0 atom stereocenters. The fraction of sp³-hybridized carbons (Fsp3) is 0.333. The number of methoxy groups -OCH3 is 1. The van der Waals surface area contributed by atoms with Gasteiger partial charge < -0.3 is 9.72 Å². The summed E-state index contributed by atoms with van der Waals surface area (Å²) in [6.45, 7) is 4.19. The normalized spacial score (nSPS) is 11.0. The summed E-state index contributed by atoms with van der Waals surface area (Å²) >= 11 is 6.76. The monoisotopic (exact) mass is 414 g/mol. The quantitative estimate of drug-likeness (QED) is 0.815. The maximum atomic E-state index is 12.0. The lowest BCUT2D eigenvalue weighted by atomic mass is 10.1. The lowest BCUT2D eigenvalue weighted by molar-refractivity contribution is 0.412. The second kappa shape index (κ2) is 6.75. The molecule has 0 amide bonds. The smallest absolute Gasteiger partial charge is 0.265 e. The highest BCUT2D eigenvalue weighted by atomic mass is 79.9. The first kappa shape index (κ1) is 16.2. The van der Waals surface area contributed by atoms with E-state index >= 15 is 0 Å². The number of aromatic nitrogens is 2. The Morgan fingerprint density at radius 2 is 2.05 bits per heavy atom. The van der Waals surface area contributed by atoms with Crippen molar-refractivity contribution in [2.45, 2.75) is 20.3 Å². The van der Waals surface area contributed by atoms with Gasteiger partial charge in [-0.3, -0.25) is 4.79 Å². The average Bonchev–Trinajstić information content (AvgIpc) is 2.43. The zero-order valence-corrected chi connectivity index (χ0v) is 15.2. The highest BCUT2D eigenvalue weighted by Gasteiger charge is 2.12. The Kier molecular flexibility index (Phi) is 5.22. The molecule has 0 radical (unpaired) electrons. The third-order valence-corrected chi connectivity index (χ3v) is 4.40. The van der Waals surface area contributed by atoms with E-state index in [1.54, 1.807) is 7.11 Å². The van der Waals surface area contributed by atoms with Crippen molar-refractivity contribution < 1.29 is 4.74 Å². The van der Waals surface area contributed by atoms with Crippen LogP contribution in [0.5, 0.6) is 5.75 Å². The first-order valence-corrected chi connectivity index (χ1v) is 8.13. The minimum atomic E-state index is -0.164. The van der Waals surface area contributed by atoms with Crippen LogP contribution in [0.15, 0.2) is 31.9 Å². The Balaban J connectivity index is 2.51. The van der Waals surface area contributed by atoms with Crippen LogP contribution in [0.25, 0.3) is 11.4 Å². The predicted molar refractivity (Wildman–Crippen MR) is 90.8 cm³/mol. The number of nitrogens with one attached hydrogen (secondary N) is 1. The van der Waals surface area contributed by atoms with Gasteiger partial charge in [-0.15, -0.1) is 0 Å². The molecule has 1 heterocycles. The Morgan fingerprint density at radius 1 is 1.33 bits per heavy atom. The van der Waals surface area contributed by atoms with E-state index in [2.05, 4.69) is 55.7 Å². The molecule has 1 aromatic heterocycles. The molecule has 0 bridgehead atoms. The molecule has 4 nitrogen and oxygen atoms in total. The van der Waals surface area contributed by atoms with Gasteiger partial charge in [0.05, 0.1) is 17.3 Å². The fourth-order valence-electron chi connectivity index (χ4n) is 1.98.